The third-order valence-electron chi connectivity index (χ3n) is 8.67. The third-order valence-corrected chi connectivity index (χ3v) is 8.67. The quantitative estimate of drug-likeness (QED) is 0.0765. The topological polar surface area (TPSA) is 105 Å². The van der Waals surface area contributed by atoms with Gasteiger partial charge >= 0.3 is 0 Å². The number of aromatic nitrogens is 4. The van der Waals surface area contributed by atoms with E-state index in [1.165, 1.54) is 18.3 Å². The lowest BCUT2D eigenvalue weighted by Gasteiger charge is -2.28. The van der Waals surface area contributed by atoms with E-state index < -0.39 is 47.6 Å². The lowest BCUT2D eigenvalue weighted by Crippen LogP contribution is -2.46. The summed E-state index contributed by atoms with van der Waals surface area (Å²) in [6, 6.07) is 9.28. The Morgan fingerprint density at radius 1 is 1.12 bits per heavy atom. The maximum absolute atomic E-state index is 13.8. The highest BCUT2D eigenvalue weighted by molar-refractivity contribution is 6.04. The number of hydrogen-bond donors (Lipinski definition) is 1. The molecule has 2 aliphatic rings. The van der Waals surface area contributed by atoms with Crippen LogP contribution in [0.25, 0.3) is 0 Å². The van der Waals surface area contributed by atoms with Crippen molar-refractivity contribution in [3.05, 3.63) is 100 Å². The highest BCUT2D eigenvalue weighted by atomic mass is 19.3. The van der Waals surface area contributed by atoms with Crippen LogP contribution in [-0.4, -0.2) is 51.4 Å². The van der Waals surface area contributed by atoms with Crippen molar-refractivity contribution in [2.45, 2.75) is 70.4 Å². The van der Waals surface area contributed by atoms with Gasteiger partial charge in [-0.2, -0.15) is 13.9 Å². The van der Waals surface area contributed by atoms with Gasteiger partial charge in [0.1, 0.15) is 28.9 Å². The molecule has 0 saturated heterocycles. The molecule has 1 aromatic carbocycles. The molecule has 6 rings (SSSR count). The molecule has 0 spiro atoms. The number of anilines is 1. The van der Waals surface area contributed by atoms with Crippen LogP contribution in [0.1, 0.15) is 84.0 Å². The number of carbonyl (C=O) groups is 2. The number of fused-ring (bicyclic) bond motifs is 3. The number of alkyl halides is 4. The molecule has 264 valence electrons. The number of carbonyl (C=O) groups excluding carboxylic acids is 2. The maximum Gasteiger partial charge on any atom is 0.293 e. The zero-order valence-corrected chi connectivity index (χ0v) is 27.6. The standard InChI is InChI=1S/C25H25F2N5O2.C10H10F4N2/c1-16(2)22-7-6-21(13-29-22)32(3)25(31-24-18(14-33)5-4-8-28-24)23(30-15-34)11-17-9-19(26)12-20(27)10-17;1-2-16-8-6(7(15-16)9(11)12)4-3-5(4)10(8,13)14/h4-10,12-16,23H,11H2,1-3H3,(H,30,34);4-5,9H,2-3H2,1H3/b31-25-;. The third kappa shape index (κ3) is 7.41. The number of amidine groups is 1. The summed E-state index contributed by atoms with van der Waals surface area (Å²) >= 11 is 0. The van der Waals surface area contributed by atoms with Crippen molar-refractivity contribution in [1.82, 2.24) is 25.1 Å². The van der Waals surface area contributed by atoms with Crippen LogP contribution < -0.4 is 10.2 Å². The number of benzene rings is 1. The molecule has 15 heteroatoms. The van der Waals surface area contributed by atoms with Gasteiger partial charge in [0.15, 0.2) is 12.1 Å². The van der Waals surface area contributed by atoms with E-state index in [9.17, 15) is 35.9 Å². The molecule has 0 aliphatic heterocycles. The number of aliphatic imine (C=N–C) groups is 1. The van der Waals surface area contributed by atoms with E-state index in [4.69, 9.17) is 0 Å². The highest BCUT2D eigenvalue weighted by Gasteiger charge is 2.67. The zero-order valence-electron chi connectivity index (χ0n) is 27.6. The monoisotopic (exact) mass is 699 g/mol. The van der Waals surface area contributed by atoms with Crippen molar-refractivity contribution in [2.75, 3.05) is 11.9 Å². The van der Waals surface area contributed by atoms with Crippen molar-refractivity contribution in [1.29, 1.82) is 0 Å². The summed E-state index contributed by atoms with van der Waals surface area (Å²) in [5, 5.41) is 6.28. The molecule has 3 atom stereocenters. The normalized spacial score (nSPS) is 17.8. The largest absolute Gasteiger partial charge is 0.348 e. The van der Waals surface area contributed by atoms with Crippen LogP contribution in [0.2, 0.25) is 0 Å². The second-order valence-electron chi connectivity index (χ2n) is 12.3. The highest BCUT2D eigenvalue weighted by Crippen LogP contribution is 2.68. The van der Waals surface area contributed by atoms with E-state index in [1.807, 2.05) is 26.0 Å². The van der Waals surface area contributed by atoms with E-state index in [1.54, 1.807) is 37.2 Å². The number of nitrogens with zero attached hydrogens (tertiary/aromatic N) is 6. The van der Waals surface area contributed by atoms with Crippen LogP contribution in [0.5, 0.6) is 0 Å². The number of likely N-dealkylation sites (N-methyl/N-ethyl adjacent to an activating group) is 1. The summed E-state index contributed by atoms with van der Waals surface area (Å²) in [6.07, 6.45) is 1.87. The van der Waals surface area contributed by atoms with Crippen molar-refractivity contribution in [3.63, 3.8) is 0 Å². The molecule has 0 bridgehead atoms. The molecular weight excluding hydrogens is 664 g/mol. The molecule has 4 aromatic rings. The number of pyridine rings is 2. The molecule has 3 unspecified atom stereocenters. The molecule has 3 aromatic heterocycles. The van der Waals surface area contributed by atoms with Crippen LogP contribution in [0.3, 0.4) is 0 Å². The van der Waals surface area contributed by atoms with Gasteiger partial charge in [-0.15, -0.1) is 0 Å². The number of amides is 1. The van der Waals surface area contributed by atoms with Gasteiger partial charge in [0.2, 0.25) is 6.41 Å². The Balaban J connectivity index is 0.000000250. The molecule has 1 N–H and O–H groups in total. The van der Waals surface area contributed by atoms with E-state index in [0.717, 1.165) is 16.4 Å². The first-order valence-corrected chi connectivity index (χ1v) is 15.9. The van der Waals surface area contributed by atoms with Gasteiger partial charge in [0, 0.05) is 49.5 Å². The summed E-state index contributed by atoms with van der Waals surface area (Å²) in [7, 11) is 1.72. The molecule has 1 fully saturated rings. The molecular formula is C35H35F6N7O2. The SMILES string of the molecule is CC(C)c1ccc(N(C)/C(=N\c2ncccc2C=O)C(Cc2cc(F)cc(F)c2)NC=O)cn1.CCn1nc(C(F)F)c2c1C(F)(F)C1CC21. The van der Waals surface area contributed by atoms with Gasteiger partial charge < -0.3 is 10.2 Å². The van der Waals surface area contributed by atoms with Gasteiger partial charge in [-0.3, -0.25) is 19.3 Å². The van der Waals surface area contributed by atoms with E-state index in [-0.39, 0.29) is 41.5 Å². The smallest absolute Gasteiger partial charge is 0.293 e. The van der Waals surface area contributed by atoms with E-state index >= 15 is 0 Å². The van der Waals surface area contributed by atoms with Crippen LogP contribution >= 0.6 is 0 Å². The molecule has 0 radical (unpaired) electrons. The first-order chi connectivity index (χ1) is 23.8. The Bertz CT molecular complexity index is 1860. The number of aryl methyl sites for hydroxylation is 1. The average molecular weight is 700 g/mol. The number of aldehydes is 1. The first-order valence-electron chi connectivity index (χ1n) is 15.9. The van der Waals surface area contributed by atoms with Crippen molar-refractivity contribution >= 4 is 30.0 Å². The van der Waals surface area contributed by atoms with Gasteiger partial charge in [-0.25, -0.2) is 27.5 Å². The van der Waals surface area contributed by atoms with E-state index in [2.05, 4.69) is 25.4 Å². The number of hydrogen-bond acceptors (Lipinski definition) is 6. The summed E-state index contributed by atoms with van der Waals surface area (Å²) in [5.74, 6) is -4.90. The minimum absolute atomic E-state index is 0.0390. The van der Waals surface area contributed by atoms with Crippen molar-refractivity contribution in [3.8, 4) is 0 Å². The minimum Gasteiger partial charge on any atom is -0.348 e. The van der Waals surface area contributed by atoms with Crippen molar-refractivity contribution < 1.29 is 35.9 Å². The molecule has 3 heterocycles. The fourth-order valence-corrected chi connectivity index (χ4v) is 6.12. The fourth-order valence-electron chi connectivity index (χ4n) is 6.12. The predicted molar refractivity (Wildman–Crippen MR) is 174 cm³/mol. The Kier molecular flexibility index (Phi) is 10.7. The van der Waals surface area contributed by atoms with Crippen LogP contribution in [-0.2, 0) is 23.7 Å². The Hall–Kier alpha value is -5.08. The minimum atomic E-state index is -2.98. The lowest BCUT2D eigenvalue weighted by molar-refractivity contribution is -0.109. The number of nitrogens with one attached hydrogen (secondary N) is 1. The predicted octanol–water partition coefficient (Wildman–Crippen LogP) is 7.26. The molecule has 2 aliphatic carbocycles. The van der Waals surface area contributed by atoms with Gasteiger partial charge in [-0.05, 0) is 67.1 Å². The number of halogens is 6. The number of rotatable bonds is 11. The Labute approximate surface area is 284 Å². The fraction of sp³-hybridized carbons (Fsp3) is 0.371. The second kappa shape index (κ2) is 14.8. The summed E-state index contributed by atoms with van der Waals surface area (Å²) in [5.41, 5.74) is 1.54. The molecule has 50 heavy (non-hydrogen) atoms. The maximum atomic E-state index is 13.8. The van der Waals surface area contributed by atoms with Crippen LogP contribution in [0.15, 0.2) is 59.9 Å². The summed E-state index contributed by atoms with van der Waals surface area (Å²) in [6.45, 7) is 5.89. The second-order valence-corrected chi connectivity index (χ2v) is 12.3. The van der Waals surface area contributed by atoms with Gasteiger partial charge in [0.05, 0.1) is 23.5 Å². The van der Waals surface area contributed by atoms with E-state index in [0.29, 0.717) is 36.2 Å². The lowest BCUT2D eigenvalue weighted by atomic mass is 10.0. The summed E-state index contributed by atoms with van der Waals surface area (Å²) < 4.78 is 81.6. The molecule has 9 nitrogen and oxygen atoms in total. The Morgan fingerprint density at radius 3 is 2.42 bits per heavy atom. The molecule has 1 saturated carbocycles. The Morgan fingerprint density at radius 2 is 1.84 bits per heavy atom. The van der Waals surface area contributed by atoms with Gasteiger partial charge in [-0.1, -0.05) is 13.8 Å². The molecule has 1 amide bonds. The first kappa shape index (κ1) is 36.2. The average Bonchev–Trinajstić information content (AvgIpc) is 3.73. The summed E-state index contributed by atoms with van der Waals surface area (Å²) in [4.78, 5) is 37.9. The van der Waals surface area contributed by atoms with Crippen LogP contribution in [0.4, 0.5) is 37.8 Å². The van der Waals surface area contributed by atoms with Crippen LogP contribution in [0, 0.1) is 17.6 Å². The van der Waals surface area contributed by atoms with Crippen molar-refractivity contribution in [2.24, 2.45) is 10.9 Å². The van der Waals surface area contributed by atoms with Gasteiger partial charge in [0.25, 0.3) is 12.3 Å². The zero-order chi connectivity index (χ0) is 36.3.